The van der Waals surface area contributed by atoms with Gasteiger partial charge in [0.1, 0.15) is 5.82 Å². The fourth-order valence-corrected chi connectivity index (χ4v) is 4.01. The molecule has 2 N–H and O–H groups in total. The number of aromatic nitrogens is 1. The zero-order valence-corrected chi connectivity index (χ0v) is 18.7. The summed E-state index contributed by atoms with van der Waals surface area (Å²) in [6.07, 6.45) is 6.45. The Bertz CT molecular complexity index is 910. The molecular weight excluding hydrogens is 404 g/mol. The van der Waals surface area contributed by atoms with Gasteiger partial charge in [0.2, 0.25) is 17.7 Å². The van der Waals surface area contributed by atoms with Gasteiger partial charge in [-0.3, -0.25) is 14.4 Å². The Hall–Kier alpha value is -3.22. The van der Waals surface area contributed by atoms with Crippen molar-refractivity contribution >= 4 is 23.5 Å². The van der Waals surface area contributed by atoms with E-state index in [9.17, 15) is 14.4 Å². The molecule has 7 nitrogen and oxygen atoms in total. The zero-order valence-electron chi connectivity index (χ0n) is 18.7. The van der Waals surface area contributed by atoms with Crippen LogP contribution in [0.5, 0.6) is 0 Å². The lowest BCUT2D eigenvalue weighted by atomic mass is 10.1. The minimum Gasteiger partial charge on any atom is -0.354 e. The summed E-state index contributed by atoms with van der Waals surface area (Å²) in [5.41, 5.74) is 2.16. The number of amides is 3. The molecule has 7 heteroatoms. The number of anilines is 1. The molecule has 0 bridgehead atoms. The second kappa shape index (κ2) is 12.0. The zero-order chi connectivity index (χ0) is 22.8. The summed E-state index contributed by atoms with van der Waals surface area (Å²) >= 11 is 0. The van der Waals surface area contributed by atoms with Gasteiger partial charge in [0, 0.05) is 31.6 Å². The second-order valence-electron chi connectivity index (χ2n) is 8.31. The van der Waals surface area contributed by atoms with E-state index in [4.69, 9.17) is 0 Å². The summed E-state index contributed by atoms with van der Waals surface area (Å²) in [5, 5.41) is 5.65. The number of aryl methyl sites for hydroxylation is 1. The van der Waals surface area contributed by atoms with Crippen LogP contribution in [0.15, 0.2) is 48.7 Å². The quantitative estimate of drug-likeness (QED) is 0.598. The summed E-state index contributed by atoms with van der Waals surface area (Å²) in [4.78, 5) is 43.5. The molecule has 32 heavy (non-hydrogen) atoms. The van der Waals surface area contributed by atoms with Crippen molar-refractivity contribution in [3.05, 3.63) is 59.8 Å². The van der Waals surface area contributed by atoms with Gasteiger partial charge in [0.25, 0.3) is 0 Å². The Balaban J connectivity index is 1.48. The molecule has 1 aliphatic carbocycles. The van der Waals surface area contributed by atoms with E-state index in [0.717, 1.165) is 43.2 Å². The first-order valence-corrected chi connectivity index (χ1v) is 11.3. The third-order valence-corrected chi connectivity index (χ3v) is 5.73. The van der Waals surface area contributed by atoms with E-state index in [1.807, 2.05) is 43.3 Å². The highest BCUT2D eigenvalue weighted by Crippen LogP contribution is 2.24. The van der Waals surface area contributed by atoms with Gasteiger partial charge in [0.15, 0.2) is 0 Å². The molecule has 0 saturated heterocycles. The molecule has 1 aromatic carbocycles. The fraction of sp³-hybridized carbons (Fsp3) is 0.440. The summed E-state index contributed by atoms with van der Waals surface area (Å²) < 4.78 is 0. The van der Waals surface area contributed by atoms with Crippen molar-refractivity contribution in [2.45, 2.75) is 57.9 Å². The lowest BCUT2D eigenvalue weighted by molar-refractivity contribution is -0.139. The molecule has 0 spiro atoms. The van der Waals surface area contributed by atoms with Crippen LogP contribution in [0.1, 0.15) is 49.7 Å². The third kappa shape index (κ3) is 7.48. The number of rotatable bonds is 10. The number of nitrogens with one attached hydrogen (secondary N) is 2. The van der Waals surface area contributed by atoms with Crippen molar-refractivity contribution in [3.63, 3.8) is 0 Å². The van der Waals surface area contributed by atoms with E-state index < -0.39 is 0 Å². The van der Waals surface area contributed by atoms with E-state index >= 15 is 0 Å². The lowest BCUT2D eigenvalue weighted by Gasteiger charge is -2.28. The number of pyridine rings is 1. The number of carbonyl (C=O) groups is 3. The number of benzene rings is 1. The molecule has 170 valence electrons. The molecule has 3 amide bonds. The maximum Gasteiger partial charge on any atom is 0.239 e. The topological polar surface area (TPSA) is 91.4 Å². The van der Waals surface area contributed by atoms with E-state index in [1.165, 1.54) is 0 Å². The van der Waals surface area contributed by atoms with Crippen molar-refractivity contribution in [2.24, 2.45) is 0 Å². The lowest BCUT2D eigenvalue weighted by Crippen LogP contribution is -2.46. The highest BCUT2D eigenvalue weighted by atomic mass is 16.2. The van der Waals surface area contributed by atoms with Crippen LogP contribution < -0.4 is 10.6 Å². The van der Waals surface area contributed by atoms with Gasteiger partial charge in [-0.25, -0.2) is 4.98 Å². The first kappa shape index (κ1) is 23.4. The van der Waals surface area contributed by atoms with Crippen LogP contribution in [-0.2, 0) is 20.8 Å². The molecular formula is C25H32N4O3. The van der Waals surface area contributed by atoms with E-state index in [0.29, 0.717) is 12.4 Å². The van der Waals surface area contributed by atoms with Crippen LogP contribution in [0.2, 0.25) is 0 Å². The number of carbonyl (C=O) groups excluding carboxylic acids is 3. The van der Waals surface area contributed by atoms with Crippen molar-refractivity contribution < 1.29 is 14.4 Å². The Morgan fingerprint density at radius 2 is 1.78 bits per heavy atom. The van der Waals surface area contributed by atoms with Crippen molar-refractivity contribution in [1.29, 1.82) is 0 Å². The molecule has 1 heterocycles. The van der Waals surface area contributed by atoms with Crippen molar-refractivity contribution in [1.82, 2.24) is 15.2 Å². The van der Waals surface area contributed by atoms with Crippen LogP contribution in [0, 0.1) is 6.92 Å². The van der Waals surface area contributed by atoms with Gasteiger partial charge in [0.05, 0.1) is 6.54 Å². The molecule has 1 aliphatic rings. The number of nitrogens with zero attached hydrogens (tertiary/aromatic N) is 2. The normalized spacial score (nSPS) is 13.5. The van der Waals surface area contributed by atoms with Gasteiger partial charge >= 0.3 is 0 Å². The van der Waals surface area contributed by atoms with Crippen molar-refractivity contribution in [2.75, 3.05) is 18.4 Å². The highest BCUT2D eigenvalue weighted by molar-refractivity contribution is 5.93. The Morgan fingerprint density at radius 1 is 1.03 bits per heavy atom. The van der Waals surface area contributed by atoms with E-state index in [-0.39, 0.29) is 43.1 Å². The Kier molecular flexibility index (Phi) is 8.78. The van der Waals surface area contributed by atoms with Crippen LogP contribution in [-0.4, -0.2) is 46.7 Å². The van der Waals surface area contributed by atoms with E-state index in [1.54, 1.807) is 17.2 Å². The predicted octanol–water partition coefficient (Wildman–Crippen LogP) is 3.24. The third-order valence-electron chi connectivity index (χ3n) is 5.73. The molecule has 0 radical (unpaired) electrons. The average Bonchev–Trinajstić information content (AvgIpc) is 3.31. The van der Waals surface area contributed by atoms with Crippen LogP contribution >= 0.6 is 0 Å². The maximum atomic E-state index is 12.9. The van der Waals surface area contributed by atoms with Gasteiger partial charge in [-0.1, -0.05) is 43.2 Å². The summed E-state index contributed by atoms with van der Waals surface area (Å²) in [7, 11) is 0. The Morgan fingerprint density at radius 3 is 2.50 bits per heavy atom. The standard InChI is InChI=1S/C25H32N4O3/c1-19-13-15-26-22(17-19)28-23(30)11-12-25(32)29(21-9-5-6-10-21)18-24(31)27-16-14-20-7-3-2-4-8-20/h2-4,7-8,13,15,17,21H,5-6,9-12,14,16,18H2,1H3,(H,27,31)(H,26,28,30). The molecule has 1 fully saturated rings. The molecule has 0 unspecified atom stereocenters. The van der Waals surface area contributed by atoms with Gasteiger partial charge in [-0.2, -0.15) is 0 Å². The van der Waals surface area contributed by atoms with Gasteiger partial charge in [-0.15, -0.1) is 0 Å². The monoisotopic (exact) mass is 436 g/mol. The first-order chi connectivity index (χ1) is 15.5. The molecule has 1 saturated carbocycles. The molecule has 2 aromatic rings. The van der Waals surface area contributed by atoms with Crippen LogP contribution in [0.4, 0.5) is 5.82 Å². The Labute approximate surface area is 189 Å². The number of hydrogen-bond acceptors (Lipinski definition) is 4. The summed E-state index contributed by atoms with van der Waals surface area (Å²) in [6.45, 7) is 2.49. The SMILES string of the molecule is Cc1ccnc(NC(=O)CCC(=O)N(CC(=O)NCCc2ccccc2)C2CCCC2)c1. The largest absolute Gasteiger partial charge is 0.354 e. The molecule has 3 rings (SSSR count). The molecule has 0 atom stereocenters. The average molecular weight is 437 g/mol. The summed E-state index contributed by atoms with van der Waals surface area (Å²) in [5.74, 6) is -0.0833. The molecule has 0 aliphatic heterocycles. The minimum absolute atomic E-state index is 0.0410. The minimum atomic E-state index is -0.255. The number of hydrogen-bond donors (Lipinski definition) is 2. The van der Waals surface area contributed by atoms with Crippen LogP contribution in [0.3, 0.4) is 0 Å². The maximum absolute atomic E-state index is 12.9. The smallest absolute Gasteiger partial charge is 0.239 e. The fourth-order valence-electron chi connectivity index (χ4n) is 4.01. The summed E-state index contributed by atoms with van der Waals surface area (Å²) in [6, 6.07) is 13.7. The molecule has 1 aromatic heterocycles. The van der Waals surface area contributed by atoms with Crippen molar-refractivity contribution in [3.8, 4) is 0 Å². The highest BCUT2D eigenvalue weighted by Gasteiger charge is 2.28. The first-order valence-electron chi connectivity index (χ1n) is 11.3. The van der Waals surface area contributed by atoms with Crippen LogP contribution in [0.25, 0.3) is 0 Å². The second-order valence-corrected chi connectivity index (χ2v) is 8.31. The van der Waals surface area contributed by atoms with Gasteiger partial charge in [-0.05, 0) is 49.4 Å². The predicted molar refractivity (Wildman–Crippen MR) is 124 cm³/mol. The van der Waals surface area contributed by atoms with Gasteiger partial charge < -0.3 is 15.5 Å². The van der Waals surface area contributed by atoms with E-state index in [2.05, 4.69) is 15.6 Å².